The number of hydrogen-bond acceptors (Lipinski definition) is 3. The number of rotatable bonds is 7. The minimum Gasteiger partial charge on any atom is -0.479 e. The van der Waals surface area contributed by atoms with E-state index in [9.17, 15) is 13.6 Å². The van der Waals surface area contributed by atoms with Crippen molar-refractivity contribution in [3.05, 3.63) is 29.3 Å². The Morgan fingerprint density at radius 1 is 1.40 bits per heavy atom. The number of carboxylic acid groups (broad SMARTS) is 1. The molecule has 4 nitrogen and oxygen atoms in total. The largest absolute Gasteiger partial charge is 0.479 e. The zero-order valence-electron chi connectivity index (χ0n) is 11.5. The second-order valence-electron chi connectivity index (χ2n) is 4.80. The van der Waals surface area contributed by atoms with Gasteiger partial charge in [-0.2, -0.15) is 0 Å². The molecule has 2 atom stereocenters. The maximum absolute atomic E-state index is 13.8. The highest BCUT2D eigenvalue weighted by Crippen LogP contribution is 2.25. The smallest absolute Gasteiger partial charge is 0.344 e. The van der Waals surface area contributed by atoms with Gasteiger partial charge in [0.1, 0.15) is 0 Å². The standard InChI is InChI=1S/C14H19F2NO3/c1-3-4-12(14(18)19)20-13-10(15)6-9(5-8(2)17)7-11(13)16/h6-8,12H,3-5,17H2,1-2H3,(H,18,19). The van der Waals surface area contributed by atoms with Crippen LogP contribution in [0.2, 0.25) is 0 Å². The maximum Gasteiger partial charge on any atom is 0.344 e. The summed E-state index contributed by atoms with van der Waals surface area (Å²) in [5.41, 5.74) is 5.98. The van der Waals surface area contributed by atoms with Gasteiger partial charge in [-0.1, -0.05) is 13.3 Å². The van der Waals surface area contributed by atoms with Gasteiger partial charge < -0.3 is 15.6 Å². The molecular formula is C14H19F2NO3. The van der Waals surface area contributed by atoms with E-state index >= 15 is 0 Å². The molecule has 1 aromatic carbocycles. The van der Waals surface area contributed by atoms with Gasteiger partial charge in [-0.15, -0.1) is 0 Å². The van der Waals surface area contributed by atoms with Crippen molar-refractivity contribution in [2.45, 2.75) is 45.3 Å². The summed E-state index contributed by atoms with van der Waals surface area (Å²) in [6, 6.07) is 2.01. The van der Waals surface area contributed by atoms with Gasteiger partial charge in [-0.05, 0) is 37.5 Å². The molecule has 6 heteroatoms. The highest BCUT2D eigenvalue weighted by molar-refractivity contribution is 5.72. The van der Waals surface area contributed by atoms with Crippen LogP contribution < -0.4 is 10.5 Å². The molecule has 0 aliphatic heterocycles. The van der Waals surface area contributed by atoms with Crippen LogP contribution in [0.5, 0.6) is 5.75 Å². The van der Waals surface area contributed by atoms with Crippen molar-refractivity contribution in [1.29, 1.82) is 0 Å². The summed E-state index contributed by atoms with van der Waals surface area (Å²) in [4.78, 5) is 10.9. The molecule has 0 aliphatic carbocycles. The minimum absolute atomic E-state index is 0.176. The van der Waals surface area contributed by atoms with Crippen molar-refractivity contribution >= 4 is 5.97 Å². The van der Waals surface area contributed by atoms with E-state index in [-0.39, 0.29) is 12.5 Å². The Kier molecular flexibility index (Phi) is 5.88. The van der Waals surface area contributed by atoms with Crippen LogP contribution in [0.4, 0.5) is 8.78 Å². The van der Waals surface area contributed by atoms with Crippen LogP contribution in [0.1, 0.15) is 32.3 Å². The lowest BCUT2D eigenvalue weighted by Gasteiger charge is -2.16. The molecule has 1 rings (SSSR count). The van der Waals surface area contributed by atoms with Crippen LogP contribution in [-0.4, -0.2) is 23.2 Å². The Morgan fingerprint density at radius 3 is 2.35 bits per heavy atom. The van der Waals surface area contributed by atoms with Crippen molar-refractivity contribution in [2.75, 3.05) is 0 Å². The summed E-state index contributed by atoms with van der Waals surface area (Å²) < 4.78 is 32.6. The number of hydrogen-bond donors (Lipinski definition) is 2. The molecule has 20 heavy (non-hydrogen) atoms. The Balaban J connectivity index is 2.98. The fourth-order valence-electron chi connectivity index (χ4n) is 1.85. The fraction of sp³-hybridized carbons (Fsp3) is 0.500. The van der Waals surface area contributed by atoms with Crippen LogP contribution >= 0.6 is 0 Å². The Bertz CT molecular complexity index is 454. The number of aliphatic carboxylic acids is 1. The molecule has 0 bridgehead atoms. The second-order valence-corrected chi connectivity index (χ2v) is 4.80. The van der Waals surface area contributed by atoms with Crippen LogP contribution in [0.15, 0.2) is 12.1 Å². The van der Waals surface area contributed by atoms with Gasteiger partial charge in [0, 0.05) is 6.04 Å². The van der Waals surface area contributed by atoms with E-state index in [2.05, 4.69) is 0 Å². The van der Waals surface area contributed by atoms with E-state index in [4.69, 9.17) is 15.6 Å². The summed E-state index contributed by atoms with van der Waals surface area (Å²) in [5.74, 6) is -3.73. The number of benzene rings is 1. The van der Waals surface area contributed by atoms with Gasteiger partial charge in [0.15, 0.2) is 23.5 Å². The first-order valence-electron chi connectivity index (χ1n) is 6.48. The van der Waals surface area contributed by atoms with Crippen LogP contribution in [0, 0.1) is 11.6 Å². The van der Waals surface area contributed by atoms with Crippen LogP contribution in [-0.2, 0) is 11.2 Å². The molecule has 0 heterocycles. The molecule has 3 N–H and O–H groups in total. The van der Waals surface area contributed by atoms with Crippen LogP contribution in [0.3, 0.4) is 0 Å². The predicted octanol–water partition coefficient (Wildman–Crippen LogP) is 2.49. The zero-order chi connectivity index (χ0) is 15.3. The van der Waals surface area contributed by atoms with Crippen LogP contribution in [0.25, 0.3) is 0 Å². The molecule has 0 radical (unpaired) electrons. The number of halogens is 2. The number of carbonyl (C=O) groups is 1. The number of nitrogens with two attached hydrogens (primary N) is 1. The van der Waals surface area contributed by atoms with E-state index in [0.29, 0.717) is 18.4 Å². The molecule has 0 saturated heterocycles. The first-order chi connectivity index (χ1) is 9.35. The normalized spacial score (nSPS) is 13.8. The molecule has 112 valence electrons. The van der Waals surface area contributed by atoms with E-state index in [1.165, 1.54) is 0 Å². The highest BCUT2D eigenvalue weighted by atomic mass is 19.1. The highest BCUT2D eigenvalue weighted by Gasteiger charge is 2.23. The third kappa shape index (κ3) is 4.45. The molecule has 1 aromatic rings. The second kappa shape index (κ2) is 7.19. The van der Waals surface area contributed by atoms with Crippen molar-refractivity contribution in [3.8, 4) is 5.75 Å². The lowest BCUT2D eigenvalue weighted by molar-refractivity contribution is -0.145. The zero-order valence-corrected chi connectivity index (χ0v) is 11.5. The Hall–Kier alpha value is -1.69. The topological polar surface area (TPSA) is 72.5 Å². The van der Waals surface area contributed by atoms with E-state index in [1.54, 1.807) is 13.8 Å². The maximum atomic E-state index is 13.8. The van der Waals surface area contributed by atoms with E-state index in [1.807, 2.05) is 0 Å². The first kappa shape index (κ1) is 16.4. The third-order valence-corrected chi connectivity index (χ3v) is 2.70. The lowest BCUT2D eigenvalue weighted by Crippen LogP contribution is -2.27. The summed E-state index contributed by atoms with van der Waals surface area (Å²) >= 11 is 0. The van der Waals surface area contributed by atoms with Gasteiger partial charge in [0.05, 0.1) is 0 Å². The summed E-state index contributed by atoms with van der Waals surface area (Å²) in [6.45, 7) is 3.49. The molecule has 0 spiro atoms. The van der Waals surface area contributed by atoms with Gasteiger partial charge >= 0.3 is 5.97 Å². The monoisotopic (exact) mass is 287 g/mol. The molecule has 2 unspecified atom stereocenters. The summed E-state index contributed by atoms with van der Waals surface area (Å²) in [5, 5.41) is 8.93. The summed E-state index contributed by atoms with van der Waals surface area (Å²) in [6.07, 6.45) is -0.229. The van der Waals surface area contributed by atoms with Gasteiger partial charge in [0.2, 0.25) is 0 Å². The summed E-state index contributed by atoms with van der Waals surface area (Å²) in [7, 11) is 0. The van der Waals surface area contributed by atoms with Crippen molar-refractivity contribution < 1.29 is 23.4 Å². The van der Waals surface area contributed by atoms with Crippen molar-refractivity contribution in [2.24, 2.45) is 5.73 Å². The number of ether oxygens (including phenoxy) is 1. The lowest BCUT2D eigenvalue weighted by atomic mass is 10.1. The fourth-order valence-corrected chi connectivity index (χ4v) is 1.85. The van der Waals surface area contributed by atoms with Crippen molar-refractivity contribution in [1.82, 2.24) is 0 Å². The average molecular weight is 287 g/mol. The quantitative estimate of drug-likeness (QED) is 0.808. The van der Waals surface area contributed by atoms with Crippen molar-refractivity contribution in [3.63, 3.8) is 0 Å². The molecular weight excluding hydrogens is 268 g/mol. The third-order valence-electron chi connectivity index (χ3n) is 2.70. The average Bonchev–Trinajstić information content (AvgIpc) is 2.31. The van der Waals surface area contributed by atoms with Gasteiger partial charge in [-0.25, -0.2) is 13.6 Å². The predicted molar refractivity (Wildman–Crippen MR) is 70.7 cm³/mol. The molecule has 0 saturated carbocycles. The Labute approximate surface area is 116 Å². The van der Waals surface area contributed by atoms with E-state index < -0.39 is 29.5 Å². The van der Waals surface area contributed by atoms with E-state index in [0.717, 1.165) is 12.1 Å². The molecule has 0 aliphatic rings. The molecule has 0 amide bonds. The number of carboxylic acids is 1. The molecule has 0 aromatic heterocycles. The SMILES string of the molecule is CCCC(Oc1c(F)cc(CC(C)N)cc1F)C(=O)O. The van der Waals surface area contributed by atoms with Gasteiger partial charge in [-0.3, -0.25) is 0 Å². The minimum atomic E-state index is -1.26. The molecule has 0 fully saturated rings. The first-order valence-corrected chi connectivity index (χ1v) is 6.48. The van der Waals surface area contributed by atoms with Gasteiger partial charge in [0.25, 0.3) is 0 Å². The Morgan fingerprint density at radius 2 is 1.95 bits per heavy atom.